The highest BCUT2D eigenvalue weighted by molar-refractivity contribution is 9.11. The quantitative estimate of drug-likeness (QED) is 0.175. The predicted molar refractivity (Wildman–Crippen MR) is 166 cm³/mol. The zero-order chi connectivity index (χ0) is 30.1. The fraction of sp³-hybridized carbons (Fsp3) is 0.394. The standard InChI is InChI=1S/C33H36Br2O6/c1-5-9-18-16-25(36)27(29(34)21(18)11-7-3)33(24-14-13-20(31(38)39)15-23(24)32(40)41-33)28-26(37)17-19(10-6-2)22(12-8-4)30(28)35/h13-17,36-37H,5-12H2,1-4H3,(H,38,39). The first-order chi connectivity index (χ1) is 19.6. The Morgan fingerprint density at radius 2 is 1.24 bits per heavy atom. The number of aromatic hydroxyl groups is 2. The van der Waals surface area contributed by atoms with Gasteiger partial charge in [-0.15, -0.1) is 0 Å². The Morgan fingerprint density at radius 3 is 1.66 bits per heavy atom. The van der Waals surface area contributed by atoms with Gasteiger partial charge in [0.2, 0.25) is 0 Å². The van der Waals surface area contributed by atoms with Crippen LogP contribution in [0, 0.1) is 0 Å². The molecule has 3 N–H and O–H groups in total. The largest absolute Gasteiger partial charge is 0.507 e. The summed E-state index contributed by atoms with van der Waals surface area (Å²) in [4.78, 5) is 25.4. The van der Waals surface area contributed by atoms with Crippen molar-refractivity contribution in [3.05, 3.63) is 89.3 Å². The van der Waals surface area contributed by atoms with Crippen LogP contribution in [0.15, 0.2) is 39.3 Å². The lowest BCUT2D eigenvalue weighted by Crippen LogP contribution is -2.32. The van der Waals surface area contributed by atoms with Crippen LogP contribution in [0.3, 0.4) is 0 Å². The number of esters is 1. The van der Waals surface area contributed by atoms with Crippen molar-refractivity contribution in [1.29, 1.82) is 0 Å². The Morgan fingerprint density at radius 1 is 0.780 bits per heavy atom. The van der Waals surface area contributed by atoms with Crippen LogP contribution in [0.5, 0.6) is 11.5 Å². The van der Waals surface area contributed by atoms with Gasteiger partial charge in [-0.2, -0.15) is 0 Å². The Balaban J connectivity index is 2.21. The summed E-state index contributed by atoms with van der Waals surface area (Å²) in [5.41, 5.74) is 3.22. The smallest absolute Gasteiger partial charge is 0.340 e. The second-order valence-electron chi connectivity index (χ2n) is 10.6. The maximum absolute atomic E-state index is 13.6. The normalized spacial score (nSPS) is 13.8. The van der Waals surface area contributed by atoms with Crippen molar-refractivity contribution < 1.29 is 29.6 Å². The Hall–Kier alpha value is -2.84. The maximum Gasteiger partial charge on any atom is 0.340 e. The topological polar surface area (TPSA) is 104 Å². The number of aryl methyl sites for hydroxylation is 2. The van der Waals surface area contributed by atoms with Gasteiger partial charge >= 0.3 is 11.9 Å². The van der Waals surface area contributed by atoms with Crippen molar-refractivity contribution in [3.63, 3.8) is 0 Å². The number of carbonyl (C=O) groups is 2. The van der Waals surface area contributed by atoms with Crippen molar-refractivity contribution >= 4 is 43.8 Å². The molecule has 0 saturated heterocycles. The first-order valence-corrected chi connectivity index (χ1v) is 15.8. The third-order valence-electron chi connectivity index (χ3n) is 7.73. The van der Waals surface area contributed by atoms with Gasteiger partial charge in [-0.1, -0.05) is 59.4 Å². The zero-order valence-electron chi connectivity index (χ0n) is 23.9. The Kier molecular flexibility index (Phi) is 9.54. The molecule has 0 saturated carbocycles. The summed E-state index contributed by atoms with van der Waals surface area (Å²) in [6, 6.07) is 7.74. The summed E-state index contributed by atoms with van der Waals surface area (Å²) in [5, 5.41) is 33.1. The summed E-state index contributed by atoms with van der Waals surface area (Å²) < 4.78 is 7.51. The summed E-state index contributed by atoms with van der Waals surface area (Å²) in [6.45, 7) is 8.31. The van der Waals surface area contributed by atoms with E-state index in [-0.39, 0.29) is 22.6 Å². The van der Waals surface area contributed by atoms with Crippen LogP contribution in [0.2, 0.25) is 0 Å². The Labute approximate surface area is 258 Å². The third kappa shape index (κ3) is 5.29. The summed E-state index contributed by atoms with van der Waals surface area (Å²) >= 11 is 7.60. The number of hydrogen-bond donors (Lipinski definition) is 3. The molecule has 0 fully saturated rings. The van der Waals surface area contributed by atoms with Crippen LogP contribution in [0.1, 0.15) is 113 Å². The summed E-state index contributed by atoms with van der Waals surface area (Å²) in [5.74, 6) is -2.06. The zero-order valence-corrected chi connectivity index (χ0v) is 27.0. The number of benzene rings is 3. The number of aromatic carboxylic acids is 1. The number of phenolic OH excluding ortho intramolecular Hbond substituents is 2. The number of phenols is 2. The minimum absolute atomic E-state index is 0.0574. The molecule has 4 rings (SSSR count). The second-order valence-corrected chi connectivity index (χ2v) is 12.2. The molecule has 41 heavy (non-hydrogen) atoms. The lowest BCUT2D eigenvalue weighted by atomic mass is 9.76. The SMILES string of the molecule is CCCc1cc(O)c(C2(c3c(O)cc(CCC)c(CCC)c3Br)OC(=O)c3cc(C(=O)O)ccc32)c(Br)c1CCC. The van der Waals surface area contributed by atoms with E-state index < -0.39 is 17.5 Å². The number of carbonyl (C=O) groups excluding carboxylic acids is 1. The minimum Gasteiger partial charge on any atom is -0.507 e. The molecule has 0 unspecified atom stereocenters. The lowest BCUT2D eigenvalue weighted by molar-refractivity contribution is 0.0234. The molecule has 6 nitrogen and oxygen atoms in total. The van der Waals surface area contributed by atoms with Gasteiger partial charge in [0, 0.05) is 14.5 Å². The van der Waals surface area contributed by atoms with Crippen LogP contribution in [0.25, 0.3) is 0 Å². The van der Waals surface area contributed by atoms with E-state index in [0.717, 1.165) is 73.6 Å². The molecule has 3 aromatic carbocycles. The van der Waals surface area contributed by atoms with Gasteiger partial charge in [0.05, 0.1) is 22.3 Å². The van der Waals surface area contributed by atoms with Crippen LogP contribution >= 0.6 is 31.9 Å². The molecule has 1 heterocycles. The van der Waals surface area contributed by atoms with Crippen LogP contribution < -0.4 is 0 Å². The molecule has 0 aromatic heterocycles. The van der Waals surface area contributed by atoms with E-state index >= 15 is 0 Å². The van der Waals surface area contributed by atoms with Gasteiger partial charge in [-0.3, -0.25) is 0 Å². The summed E-state index contributed by atoms with van der Waals surface area (Å²) in [7, 11) is 0. The molecule has 0 amide bonds. The molecule has 0 radical (unpaired) electrons. The van der Waals surface area contributed by atoms with E-state index in [9.17, 15) is 24.9 Å². The number of carboxylic acid groups (broad SMARTS) is 1. The second kappa shape index (κ2) is 12.6. The molecule has 1 aliphatic heterocycles. The molecule has 8 heteroatoms. The van der Waals surface area contributed by atoms with Gasteiger partial charge in [0.1, 0.15) is 11.5 Å². The fourth-order valence-corrected chi connectivity index (χ4v) is 7.92. The van der Waals surface area contributed by atoms with E-state index in [1.165, 1.54) is 12.1 Å². The van der Waals surface area contributed by atoms with Crippen molar-refractivity contribution in [1.82, 2.24) is 0 Å². The fourth-order valence-electron chi connectivity index (χ4n) is 6.05. The number of ether oxygens (including phenoxy) is 1. The average molecular weight is 688 g/mol. The van der Waals surface area contributed by atoms with Crippen molar-refractivity contribution in [2.75, 3.05) is 0 Å². The first kappa shape index (κ1) is 31.1. The van der Waals surface area contributed by atoms with Gasteiger partial charge < -0.3 is 20.1 Å². The van der Waals surface area contributed by atoms with Gasteiger partial charge in [0.15, 0.2) is 5.60 Å². The van der Waals surface area contributed by atoms with Crippen molar-refractivity contribution in [3.8, 4) is 11.5 Å². The molecule has 1 aliphatic rings. The summed E-state index contributed by atoms with van der Waals surface area (Å²) in [6.07, 6.45) is 6.44. The van der Waals surface area contributed by atoms with Crippen LogP contribution in [-0.4, -0.2) is 27.3 Å². The minimum atomic E-state index is -1.75. The molecule has 0 spiro atoms. The lowest BCUT2D eigenvalue weighted by Gasteiger charge is -2.35. The van der Waals surface area contributed by atoms with Gasteiger partial charge in [-0.25, -0.2) is 9.59 Å². The highest BCUT2D eigenvalue weighted by Gasteiger charge is 2.54. The Bertz CT molecular complexity index is 1440. The number of rotatable bonds is 11. The highest BCUT2D eigenvalue weighted by atomic mass is 79.9. The van der Waals surface area contributed by atoms with E-state index in [2.05, 4.69) is 59.6 Å². The van der Waals surface area contributed by atoms with Crippen molar-refractivity contribution in [2.24, 2.45) is 0 Å². The highest BCUT2D eigenvalue weighted by Crippen LogP contribution is 2.57. The van der Waals surface area contributed by atoms with E-state index in [4.69, 9.17) is 4.74 Å². The maximum atomic E-state index is 13.6. The number of fused-ring (bicyclic) bond motifs is 1. The monoisotopic (exact) mass is 686 g/mol. The number of hydrogen-bond acceptors (Lipinski definition) is 5. The third-order valence-corrected chi connectivity index (χ3v) is 9.48. The molecule has 0 atom stereocenters. The predicted octanol–water partition coefficient (Wildman–Crippen LogP) is 8.59. The molecular formula is C33H36Br2O6. The molecule has 218 valence electrons. The van der Waals surface area contributed by atoms with Crippen LogP contribution in [-0.2, 0) is 36.0 Å². The number of halogens is 2. The number of cyclic esters (lactones) is 1. The molecule has 3 aromatic rings. The van der Waals surface area contributed by atoms with E-state index in [1.807, 2.05) is 0 Å². The molecule has 0 bridgehead atoms. The van der Waals surface area contributed by atoms with E-state index in [1.54, 1.807) is 18.2 Å². The van der Waals surface area contributed by atoms with Crippen LogP contribution in [0.4, 0.5) is 0 Å². The average Bonchev–Trinajstić information content (AvgIpc) is 3.20. The molecular weight excluding hydrogens is 652 g/mol. The first-order valence-electron chi connectivity index (χ1n) is 14.3. The van der Waals surface area contributed by atoms with Crippen molar-refractivity contribution in [2.45, 2.75) is 84.7 Å². The van der Waals surface area contributed by atoms with Gasteiger partial charge in [-0.05, 0) is 104 Å². The number of carboxylic acids is 1. The van der Waals surface area contributed by atoms with Gasteiger partial charge in [0.25, 0.3) is 0 Å². The van der Waals surface area contributed by atoms with E-state index in [0.29, 0.717) is 25.6 Å². The molecule has 0 aliphatic carbocycles.